The van der Waals surface area contributed by atoms with Crippen molar-refractivity contribution in [3.63, 3.8) is 0 Å². The molecule has 4 heteroatoms. The molecule has 1 aromatic carbocycles. The van der Waals surface area contributed by atoms with E-state index in [1.165, 1.54) is 5.56 Å². The average molecular weight is 289 g/mol. The maximum atomic E-state index is 11.7. The first kappa shape index (κ1) is 14.4. The molecule has 0 saturated carbocycles. The van der Waals surface area contributed by atoms with Gasteiger partial charge in [0, 0.05) is 24.6 Å². The first-order valence-corrected chi connectivity index (χ1v) is 7.70. The van der Waals surface area contributed by atoms with Gasteiger partial charge in [-0.3, -0.25) is 4.79 Å². The van der Waals surface area contributed by atoms with Gasteiger partial charge in [0.15, 0.2) is 0 Å². The Morgan fingerprint density at radius 2 is 2.24 bits per heavy atom. The van der Waals surface area contributed by atoms with Crippen molar-refractivity contribution in [2.45, 2.75) is 26.2 Å². The highest BCUT2D eigenvalue weighted by Crippen LogP contribution is 2.40. The third-order valence-corrected chi connectivity index (χ3v) is 5.19. The van der Waals surface area contributed by atoms with Crippen molar-refractivity contribution in [2.75, 3.05) is 26.2 Å². The highest BCUT2D eigenvalue weighted by Gasteiger charge is 2.47. The summed E-state index contributed by atoms with van der Waals surface area (Å²) in [6.07, 6.45) is 0.745. The van der Waals surface area contributed by atoms with Gasteiger partial charge in [0.05, 0.1) is 12.0 Å². The minimum Gasteiger partial charge on any atom is -0.493 e. The first-order valence-electron chi connectivity index (χ1n) is 7.70. The summed E-state index contributed by atoms with van der Waals surface area (Å²) < 4.78 is 5.73. The molecule has 0 bridgehead atoms. The lowest BCUT2D eigenvalue weighted by Gasteiger charge is -2.29. The van der Waals surface area contributed by atoms with Crippen LogP contribution < -0.4 is 4.74 Å². The van der Waals surface area contributed by atoms with Gasteiger partial charge >= 0.3 is 5.97 Å². The van der Waals surface area contributed by atoms with Crippen molar-refractivity contribution in [3.05, 3.63) is 29.8 Å². The fourth-order valence-corrected chi connectivity index (χ4v) is 3.66. The molecule has 1 aromatic rings. The van der Waals surface area contributed by atoms with E-state index >= 15 is 0 Å². The maximum Gasteiger partial charge on any atom is 0.311 e. The highest BCUT2D eigenvalue weighted by molar-refractivity contribution is 5.75. The number of para-hydroxylation sites is 1. The number of nitrogens with zero attached hydrogens (tertiary/aromatic N) is 1. The molecular formula is C17H23NO3. The summed E-state index contributed by atoms with van der Waals surface area (Å²) >= 11 is 0. The van der Waals surface area contributed by atoms with Crippen LogP contribution in [0, 0.1) is 11.3 Å². The molecule has 0 aliphatic carbocycles. The van der Waals surface area contributed by atoms with Gasteiger partial charge in [-0.1, -0.05) is 32.0 Å². The second kappa shape index (κ2) is 5.34. The van der Waals surface area contributed by atoms with Crippen LogP contribution in [0.5, 0.6) is 5.75 Å². The zero-order valence-corrected chi connectivity index (χ0v) is 12.7. The predicted octanol–water partition coefficient (Wildman–Crippen LogP) is 2.60. The Hall–Kier alpha value is -1.55. The zero-order valence-electron chi connectivity index (χ0n) is 12.7. The lowest BCUT2D eigenvalue weighted by Crippen LogP contribution is -2.40. The molecule has 0 spiro atoms. The van der Waals surface area contributed by atoms with Gasteiger partial charge in [-0.05, 0) is 24.9 Å². The largest absolute Gasteiger partial charge is 0.493 e. The van der Waals surface area contributed by atoms with Gasteiger partial charge < -0.3 is 14.7 Å². The van der Waals surface area contributed by atoms with Crippen molar-refractivity contribution in [1.82, 2.24) is 4.90 Å². The van der Waals surface area contributed by atoms with E-state index in [0.29, 0.717) is 19.1 Å². The number of hydrogen-bond donors (Lipinski definition) is 1. The molecule has 2 aliphatic rings. The zero-order chi connectivity index (χ0) is 15.0. The monoisotopic (exact) mass is 289 g/mol. The van der Waals surface area contributed by atoms with E-state index in [2.05, 4.69) is 11.0 Å². The molecule has 1 N–H and O–H groups in total. The minimum atomic E-state index is -0.650. The number of ether oxygens (including phenoxy) is 1. The molecule has 3 rings (SSSR count). The van der Waals surface area contributed by atoms with Gasteiger partial charge in [0.25, 0.3) is 0 Å². The summed E-state index contributed by atoms with van der Waals surface area (Å²) in [7, 11) is 0. The molecule has 4 nitrogen and oxygen atoms in total. The van der Waals surface area contributed by atoms with Gasteiger partial charge in [-0.2, -0.15) is 0 Å². The summed E-state index contributed by atoms with van der Waals surface area (Å²) in [5, 5.41) is 9.62. The first-order chi connectivity index (χ1) is 10.0. The molecule has 1 fully saturated rings. The number of likely N-dealkylation sites (tertiary alicyclic amines) is 1. The van der Waals surface area contributed by atoms with Crippen LogP contribution in [0.25, 0.3) is 0 Å². The summed E-state index contributed by atoms with van der Waals surface area (Å²) in [6.45, 7) is 7.15. The molecule has 0 amide bonds. The molecule has 21 heavy (non-hydrogen) atoms. The van der Waals surface area contributed by atoms with Crippen molar-refractivity contribution in [2.24, 2.45) is 11.3 Å². The van der Waals surface area contributed by atoms with Gasteiger partial charge in [0.1, 0.15) is 5.75 Å². The fraction of sp³-hybridized carbons (Fsp3) is 0.588. The van der Waals surface area contributed by atoms with Gasteiger partial charge in [0.2, 0.25) is 0 Å². The fourth-order valence-electron chi connectivity index (χ4n) is 3.66. The number of carboxylic acids is 1. The maximum absolute atomic E-state index is 11.7. The van der Waals surface area contributed by atoms with E-state index in [9.17, 15) is 9.90 Å². The van der Waals surface area contributed by atoms with E-state index in [1.807, 2.05) is 32.0 Å². The van der Waals surface area contributed by atoms with Crippen molar-refractivity contribution < 1.29 is 14.6 Å². The summed E-state index contributed by atoms with van der Waals surface area (Å²) in [5.41, 5.74) is 0.675. The predicted molar refractivity (Wildman–Crippen MR) is 80.6 cm³/mol. The molecule has 2 aliphatic heterocycles. The molecule has 0 aromatic heterocycles. The Morgan fingerprint density at radius 1 is 1.48 bits per heavy atom. The Balaban J connectivity index is 1.70. The number of hydrogen-bond acceptors (Lipinski definition) is 3. The smallest absolute Gasteiger partial charge is 0.311 e. The normalized spacial score (nSPS) is 28.6. The minimum absolute atomic E-state index is 0.159. The number of fused-ring (bicyclic) bond motifs is 1. The quantitative estimate of drug-likeness (QED) is 0.925. The molecular weight excluding hydrogens is 266 g/mol. The molecule has 2 unspecified atom stereocenters. The topological polar surface area (TPSA) is 49.8 Å². The van der Waals surface area contributed by atoms with Crippen molar-refractivity contribution in [1.29, 1.82) is 0 Å². The Morgan fingerprint density at radius 3 is 2.90 bits per heavy atom. The Labute approximate surface area is 125 Å². The Bertz CT molecular complexity index is 543. The lowest BCUT2D eigenvalue weighted by molar-refractivity contribution is -0.151. The van der Waals surface area contributed by atoms with Crippen LogP contribution in [0.3, 0.4) is 0 Å². The number of rotatable bonds is 4. The standard InChI is InChI=1S/C17H23NO3/c1-12(2)17(16(19)20)7-8-18(11-17)9-13-10-21-15-6-4-3-5-14(13)15/h3-6,12-13H,7-11H2,1-2H3,(H,19,20). The SMILES string of the molecule is CC(C)C1(C(=O)O)CCN(CC2COc3ccccc32)C1. The number of carboxylic acid groups (broad SMARTS) is 1. The summed E-state index contributed by atoms with van der Waals surface area (Å²) in [6, 6.07) is 8.16. The molecule has 1 saturated heterocycles. The second-order valence-corrected chi connectivity index (χ2v) is 6.65. The molecule has 114 valence electrons. The van der Waals surface area contributed by atoms with Crippen molar-refractivity contribution >= 4 is 5.97 Å². The lowest BCUT2D eigenvalue weighted by atomic mass is 9.76. The third-order valence-electron chi connectivity index (χ3n) is 5.19. The van der Waals surface area contributed by atoms with Crippen LogP contribution in [0.1, 0.15) is 31.7 Å². The van der Waals surface area contributed by atoms with Crippen LogP contribution in [-0.2, 0) is 4.79 Å². The van der Waals surface area contributed by atoms with Crippen LogP contribution in [0.4, 0.5) is 0 Å². The van der Waals surface area contributed by atoms with Crippen LogP contribution in [0.15, 0.2) is 24.3 Å². The van der Waals surface area contributed by atoms with E-state index in [4.69, 9.17) is 4.74 Å². The summed E-state index contributed by atoms with van der Waals surface area (Å²) in [4.78, 5) is 14.0. The van der Waals surface area contributed by atoms with Gasteiger partial charge in [-0.25, -0.2) is 0 Å². The van der Waals surface area contributed by atoms with E-state index < -0.39 is 11.4 Å². The van der Waals surface area contributed by atoms with E-state index in [0.717, 1.165) is 25.3 Å². The third kappa shape index (κ3) is 2.42. The van der Waals surface area contributed by atoms with E-state index in [1.54, 1.807) is 0 Å². The molecule has 2 atom stereocenters. The summed E-state index contributed by atoms with van der Waals surface area (Å²) in [5.74, 6) is 0.850. The molecule has 0 radical (unpaired) electrons. The average Bonchev–Trinajstić information content (AvgIpc) is 3.05. The van der Waals surface area contributed by atoms with Crippen molar-refractivity contribution in [3.8, 4) is 5.75 Å². The number of aliphatic carboxylic acids is 1. The Kier molecular flexibility index (Phi) is 3.66. The van der Waals surface area contributed by atoms with Crippen LogP contribution >= 0.6 is 0 Å². The highest BCUT2D eigenvalue weighted by atomic mass is 16.5. The van der Waals surface area contributed by atoms with E-state index in [-0.39, 0.29) is 5.92 Å². The van der Waals surface area contributed by atoms with Crippen LogP contribution in [0.2, 0.25) is 0 Å². The number of benzene rings is 1. The van der Waals surface area contributed by atoms with Gasteiger partial charge in [-0.15, -0.1) is 0 Å². The second-order valence-electron chi connectivity index (χ2n) is 6.65. The van der Waals surface area contributed by atoms with Crippen LogP contribution in [-0.4, -0.2) is 42.2 Å². The number of carbonyl (C=O) groups is 1. The molecule has 2 heterocycles.